The Bertz CT molecular complexity index is 2520. The Labute approximate surface area is 317 Å². The van der Waals surface area contributed by atoms with Gasteiger partial charge in [0.2, 0.25) is 0 Å². The van der Waals surface area contributed by atoms with Crippen molar-refractivity contribution in [2.24, 2.45) is 0 Å². The van der Waals surface area contributed by atoms with Crippen molar-refractivity contribution in [3.63, 3.8) is 0 Å². The molecule has 0 unspecified atom stereocenters. The van der Waals surface area contributed by atoms with E-state index in [0.29, 0.717) is 0 Å². The van der Waals surface area contributed by atoms with E-state index >= 15 is 0 Å². The Balaban J connectivity index is 0.000000259. The lowest BCUT2D eigenvalue weighted by atomic mass is 9.81. The van der Waals surface area contributed by atoms with Gasteiger partial charge in [-0.15, -0.1) is 11.3 Å². The van der Waals surface area contributed by atoms with Crippen molar-refractivity contribution < 1.29 is 0 Å². The van der Waals surface area contributed by atoms with Crippen LogP contribution in [0.25, 0.3) is 66.7 Å². The van der Waals surface area contributed by atoms with E-state index in [-0.39, 0.29) is 5.41 Å². The molecule has 1 nitrogen and oxygen atoms in total. The molecule has 258 valence electrons. The first-order chi connectivity index (χ1) is 25.9. The van der Waals surface area contributed by atoms with E-state index in [9.17, 15) is 0 Å². The summed E-state index contributed by atoms with van der Waals surface area (Å²) in [5.41, 5.74) is 22.1. The average Bonchev–Trinajstić information content (AvgIpc) is 3.68. The molecule has 2 heteroatoms. The average molecular weight is 702 g/mol. The Morgan fingerprint density at radius 3 is 2.09 bits per heavy atom. The lowest BCUT2D eigenvalue weighted by molar-refractivity contribution is 0.660. The molecule has 0 aliphatic heterocycles. The summed E-state index contributed by atoms with van der Waals surface area (Å²) in [6.45, 7) is 8.47. The molecule has 0 spiro atoms. The van der Waals surface area contributed by atoms with Crippen LogP contribution in [-0.4, -0.2) is 0 Å². The number of nitrogens with two attached hydrogens (primary N) is 1. The Morgan fingerprint density at radius 2 is 1.30 bits per heavy atom. The van der Waals surface area contributed by atoms with Gasteiger partial charge in [-0.25, -0.2) is 0 Å². The van der Waals surface area contributed by atoms with Crippen molar-refractivity contribution in [2.75, 3.05) is 5.73 Å². The first-order valence-corrected chi connectivity index (χ1v) is 19.2. The second kappa shape index (κ2) is 14.6. The SMILES string of the molecule is C=C/C=C\C=C/c1ccc(-c2cc3sc4c(c3cc2-c2ccc3c(c2)C(C)(C)c2ccccc2-3)C=CCC4)cc1.Nc1ccc(-c2ccccc2)cc1. The summed E-state index contributed by atoms with van der Waals surface area (Å²) >= 11 is 1.96. The molecule has 0 atom stereocenters. The molecule has 7 aromatic rings. The minimum Gasteiger partial charge on any atom is -0.399 e. The van der Waals surface area contributed by atoms with Crippen molar-refractivity contribution in [3.05, 3.63) is 198 Å². The van der Waals surface area contributed by atoms with E-state index < -0.39 is 0 Å². The number of thiophene rings is 1. The lowest BCUT2D eigenvalue weighted by Gasteiger charge is -2.22. The normalized spacial score (nSPS) is 13.8. The molecular formula is C51H43NS. The highest BCUT2D eigenvalue weighted by Gasteiger charge is 2.35. The van der Waals surface area contributed by atoms with Crippen molar-refractivity contribution in [3.8, 4) is 44.5 Å². The molecule has 0 saturated heterocycles. The topological polar surface area (TPSA) is 26.0 Å². The fraction of sp³-hybridized carbons (Fsp3) is 0.0980. The smallest absolute Gasteiger partial charge is 0.0358 e. The molecule has 1 aromatic heterocycles. The van der Waals surface area contributed by atoms with Gasteiger partial charge in [0.15, 0.2) is 0 Å². The van der Waals surface area contributed by atoms with E-state index in [2.05, 4.69) is 136 Å². The number of hydrogen-bond donors (Lipinski definition) is 1. The van der Waals surface area contributed by atoms with Gasteiger partial charge in [-0.05, 0) is 110 Å². The van der Waals surface area contributed by atoms with Crippen molar-refractivity contribution in [2.45, 2.75) is 32.1 Å². The van der Waals surface area contributed by atoms with Crippen LogP contribution in [0.5, 0.6) is 0 Å². The quantitative estimate of drug-likeness (QED) is 0.136. The van der Waals surface area contributed by atoms with Gasteiger partial charge in [0, 0.05) is 26.1 Å². The highest BCUT2D eigenvalue weighted by atomic mass is 32.1. The van der Waals surface area contributed by atoms with Crippen LogP contribution in [0, 0.1) is 0 Å². The van der Waals surface area contributed by atoms with Crippen LogP contribution in [0.4, 0.5) is 5.69 Å². The summed E-state index contributed by atoms with van der Waals surface area (Å²) in [5.74, 6) is 0. The second-order valence-corrected chi connectivity index (χ2v) is 15.4. The third-order valence-corrected chi connectivity index (χ3v) is 11.8. The van der Waals surface area contributed by atoms with E-state index in [1.165, 1.54) is 81.7 Å². The zero-order chi connectivity index (χ0) is 36.4. The largest absolute Gasteiger partial charge is 0.399 e. The summed E-state index contributed by atoms with van der Waals surface area (Å²) in [4.78, 5) is 1.51. The molecule has 0 radical (unpaired) electrons. The van der Waals surface area contributed by atoms with Gasteiger partial charge in [0.05, 0.1) is 0 Å². The summed E-state index contributed by atoms with van der Waals surface area (Å²) in [6.07, 6.45) is 16.9. The molecule has 0 fully saturated rings. The van der Waals surface area contributed by atoms with Crippen LogP contribution in [-0.2, 0) is 11.8 Å². The molecule has 2 aliphatic rings. The number of anilines is 1. The number of benzene rings is 6. The minimum atomic E-state index is -0.0233. The van der Waals surface area contributed by atoms with E-state index in [0.717, 1.165) is 18.5 Å². The van der Waals surface area contributed by atoms with Crippen LogP contribution in [0.2, 0.25) is 0 Å². The van der Waals surface area contributed by atoms with E-state index in [1.54, 1.807) is 6.08 Å². The van der Waals surface area contributed by atoms with Crippen molar-refractivity contribution in [1.82, 2.24) is 0 Å². The highest BCUT2D eigenvalue weighted by molar-refractivity contribution is 7.19. The molecule has 2 N–H and O–H groups in total. The van der Waals surface area contributed by atoms with Gasteiger partial charge in [0.25, 0.3) is 0 Å². The molecule has 0 amide bonds. The van der Waals surface area contributed by atoms with Gasteiger partial charge in [0.1, 0.15) is 0 Å². The van der Waals surface area contributed by atoms with Gasteiger partial charge in [-0.2, -0.15) is 0 Å². The Kier molecular flexibility index (Phi) is 9.39. The van der Waals surface area contributed by atoms with Gasteiger partial charge >= 0.3 is 0 Å². The molecule has 9 rings (SSSR count). The molecular weight excluding hydrogens is 659 g/mol. The van der Waals surface area contributed by atoms with Crippen molar-refractivity contribution >= 4 is 39.3 Å². The van der Waals surface area contributed by atoms with Gasteiger partial charge < -0.3 is 5.73 Å². The van der Waals surface area contributed by atoms with E-state index in [4.69, 9.17) is 5.73 Å². The summed E-state index contributed by atoms with van der Waals surface area (Å²) in [5, 5.41) is 1.38. The van der Waals surface area contributed by atoms with Crippen LogP contribution in [0.1, 0.15) is 47.4 Å². The molecule has 2 aliphatic carbocycles. The number of nitrogen functional groups attached to an aromatic ring is 1. The Morgan fingerprint density at radius 1 is 0.623 bits per heavy atom. The number of rotatable bonds is 6. The first-order valence-electron chi connectivity index (χ1n) is 18.4. The third kappa shape index (κ3) is 6.75. The maximum Gasteiger partial charge on any atom is 0.0358 e. The zero-order valence-electron chi connectivity index (χ0n) is 30.4. The second-order valence-electron chi connectivity index (χ2n) is 14.3. The van der Waals surface area contributed by atoms with Crippen LogP contribution in [0.3, 0.4) is 0 Å². The third-order valence-electron chi connectivity index (χ3n) is 10.5. The Hall–Kier alpha value is -5.96. The fourth-order valence-corrected chi connectivity index (χ4v) is 8.96. The maximum absolute atomic E-state index is 5.60. The number of allylic oxidation sites excluding steroid dienone is 5. The van der Waals surface area contributed by atoms with Crippen LogP contribution in [0.15, 0.2) is 170 Å². The van der Waals surface area contributed by atoms with Crippen molar-refractivity contribution in [1.29, 1.82) is 0 Å². The molecule has 53 heavy (non-hydrogen) atoms. The molecule has 6 aromatic carbocycles. The standard InChI is InChI=1S/C39H32S.C12H11N/c1-4-5-6-7-12-26-17-19-27(20-18-26)33-25-38-34(31-14-9-11-16-37(31)40-38)24-32(33)28-21-22-30-29-13-8-10-15-35(29)39(2,3)36(30)23-28;13-12-8-6-11(7-9-12)10-4-2-1-3-5-10/h4-10,12-15,17-25H,1,11,16H2,2-3H3;1-9H,13H2/b6-5-,12-7-;. The maximum atomic E-state index is 5.60. The minimum absolute atomic E-state index is 0.0233. The summed E-state index contributed by atoms with van der Waals surface area (Å²) in [6, 6.07) is 48.0. The highest BCUT2D eigenvalue weighted by Crippen LogP contribution is 2.50. The predicted molar refractivity (Wildman–Crippen MR) is 232 cm³/mol. The predicted octanol–water partition coefficient (Wildman–Crippen LogP) is 14.2. The summed E-state index contributed by atoms with van der Waals surface area (Å²) in [7, 11) is 0. The molecule has 1 heterocycles. The number of hydrogen-bond acceptors (Lipinski definition) is 2. The van der Waals surface area contributed by atoms with Crippen LogP contribution >= 0.6 is 11.3 Å². The monoisotopic (exact) mass is 701 g/mol. The molecule has 0 bridgehead atoms. The molecule has 0 saturated carbocycles. The van der Waals surface area contributed by atoms with Gasteiger partial charge in [-0.3, -0.25) is 0 Å². The summed E-state index contributed by atoms with van der Waals surface area (Å²) < 4.78 is 1.38. The fourth-order valence-electron chi connectivity index (χ4n) is 7.74. The van der Waals surface area contributed by atoms with Gasteiger partial charge in [-0.1, -0.05) is 166 Å². The number of fused-ring (bicyclic) bond motifs is 6. The van der Waals surface area contributed by atoms with E-state index in [1.807, 2.05) is 66.0 Å². The zero-order valence-corrected chi connectivity index (χ0v) is 31.2. The first kappa shape index (κ1) is 34.1. The van der Waals surface area contributed by atoms with Crippen LogP contribution < -0.4 is 5.73 Å². The lowest BCUT2D eigenvalue weighted by Crippen LogP contribution is -2.14. The number of aryl methyl sites for hydroxylation is 1.